The van der Waals surface area contributed by atoms with E-state index in [1.54, 1.807) is 18.4 Å². The Kier molecular flexibility index (Phi) is 4.12. The van der Waals surface area contributed by atoms with E-state index in [2.05, 4.69) is 31.5 Å². The monoisotopic (exact) mass is 307 g/mol. The molecule has 0 atom stereocenters. The number of hydrogen-bond donors (Lipinski definition) is 2. The molecule has 2 aromatic heterocycles. The maximum absolute atomic E-state index is 11.7. The molecule has 7 heteroatoms. The van der Waals surface area contributed by atoms with Crippen LogP contribution in [0.15, 0.2) is 11.6 Å². The van der Waals surface area contributed by atoms with Gasteiger partial charge in [-0.15, -0.1) is 11.3 Å². The van der Waals surface area contributed by atoms with Crippen molar-refractivity contribution in [2.75, 3.05) is 32.1 Å². The molecule has 2 aromatic rings. The zero-order valence-corrected chi connectivity index (χ0v) is 13.2. The molecule has 1 saturated heterocycles. The highest BCUT2D eigenvalue weighted by molar-refractivity contribution is 7.15. The summed E-state index contributed by atoms with van der Waals surface area (Å²) in [6, 6.07) is 0. The number of hydrogen-bond acceptors (Lipinski definition) is 5. The second-order valence-corrected chi connectivity index (χ2v) is 6.22. The molecule has 0 spiro atoms. The van der Waals surface area contributed by atoms with Crippen molar-refractivity contribution in [3.05, 3.63) is 17.3 Å². The van der Waals surface area contributed by atoms with Crippen LogP contribution in [0.4, 0.5) is 5.82 Å². The summed E-state index contributed by atoms with van der Waals surface area (Å²) in [5.74, 6) is 1.37. The average molecular weight is 307 g/mol. The van der Waals surface area contributed by atoms with Crippen molar-refractivity contribution in [3.8, 4) is 0 Å². The Labute approximate surface area is 128 Å². The van der Waals surface area contributed by atoms with Crippen molar-refractivity contribution < 1.29 is 4.79 Å². The van der Waals surface area contributed by atoms with Crippen molar-refractivity contribution in [3.63, 3.8) is 0 Å². The molecule has 0 saturated carbocycles. The SMILES string of the molecule is CNCc1c(N2CCC(C(=O)NC)CC2)nc2sccn12. The van der Waals surface area contributed by atoms with E-state index < -0.39 is 0 Å². The summed E-state index contributed by atoms with van der Waals surface area (Å²) >= 11 is 1.65. The fraction of sp³-hybridized carbons (Fsp3) is 0.571. The Morgan fingerprint density at radius 3 is 2.86 bits per heavy atom. The van der Waals surface area contributed by atoms with Gasteiger partial charge in [-0.05, 0) is 19.9 Å². The molecule has 0 aliphatic carbocycles. The maximum atomic E-state index is 11.7. The minimum absolute atomic E-state index is 0.141. The number of thiazole rings is 1. The molecule has 2 N–H and O–H groups in total. The third-order valence-electron chi connectivity index (χ3n) is 4.10. The van der Waals surface area contributed by atoms with E-state index in [0.717, 1.165) is 43.3 Å². The van der Waals surface area contributed by atoms with Crippen LogP contribution < -0.4 is 15.5 Å². The minimum Gasteiger partial charge on any atom is -0.359 e. The van der Waals surface area contributed by atoms with E-state index in [-0.39, 0.29) is 11.8 Å². The van der Waals surface area contributed by atoms with Crippen molar-refractivity contribution in [2.45, 2.75) is 19.4 Å². The van der Waals surface area contributed by atoms with Gasteiger partial charge >= 0.3 is 0 Å². The van der Waals surface area contributed by atoms with Gasteiger partial charge in [-0.3, -0.25) is 9.20 Å². The Hall–Kier alpha value is -1.60. The first kappa shape index (κ1) is 14.3. The van der Waals surface area contributed by atoms with Crippen LogP contribution in [0.5, 0.6) is 0 Å². The van der Waals surface area contributed by atoms with E-state index in [1.165, 1.54) is 5.69 Å². The predicted octanol–water partition coefficient (Wildman–Crippen LogP) is 1.08. The summed E-state index contributed by atoms with van der Waals surface area (Å²) in [6.07, 6.45) is 3.86. The third kappa shape index (κ3) is 2.63. The van der Waals surface area contributed by atoms with E-state index in [1.807, 2.05) is 7.05 Å². The zero-order chi connectivity index (χ0) is 14.8. The van der Waals surface area contributed by atoms with Crippen LogP contribution in [0.25, 0.3) is 4.96 Å². The normalized spacial score (nSPS) is 16.6. The highest BCUT2D eigenvalue weighted by Crippen LogP contribution is 2.28. The molecule has 1 aliphatic heterocycles. The maximum Gasteiger partial charge on any atom is 0.222 e. The van der Waals surface area contributed by atoms with Gasteiger partial charge in [-0.25, -0.2) is 4.98 Å². The number of piperidine rings is 1. The predicted molar refractivity (Wildman–Crippen MR) is 84.8 cm³/mol. The van der Waals surface area contributed by atoms with Crippen LogP contribution in [-0.4, -0.2) is 42.5 Å². The number of carbonyl (C=O) groups excluding carboxylic acids is 1. The largest absolute Gasteiger partial charge is 0.359 e. The third-order valence-corrected chi connectivity index (χ3v) is 4.85. The van der Waals surface area contributed by atoms with Gasteiger partial charge in [-0.1, -0.05) is 0 Å². The van der Waals surface area contributed by atoms with Crippen molar-refractivity contribution in [1.82, 2.24) is 20.0 Å². The molecule has 0 bridgehead atoms. The van der Waals surface area contributed by atoms with Gasteiger partial charge in [0.2, 0.25) is 5.91 Å². The van der Waals surface area contributed by atoms with Crippen molar-refractivity contribution >= 4 is 28.0 Å². The van der Waals surface area contributed by atoms with Crippen LogP contribution in [0.1, 0.15) is 18.5 Å². The minimum atomic E-state index is 0.141. The number of nitrogens with zero attached hydrogens (tertiary/aromatic N) is 3. The van der Waals surface area contributed by atoms with Gasteiger partial charge in [0.05, 0.1) is 5.69 Å². The molecule has 1 aliphatic rings. The van der Waals surface area contributed by atoms with Crippen LogP contribution in [-0.2, 0) is 11.3 Å². The summed E-state index contributed by atoms with van der Waals surface area (Å²) in [7, 11) is 3.66. The molecule has 1 fully saturated rings. The Balaban J connectivity index is 1.80. The van der Waals surface area contributed by atoms with E-state index in [9.17, 15) is 4.79 Å². The number of aromatic nitrogens is 2. The average Bonchev–Trinajstić information content (AvgIpc) is 3.09. The number of imidazole rings is 1. The first-order chi connectivity index (χ1) is 10.2. The van der Waals surface area contributed by atoms with E-state index in [4.69, 9.17) is 4.98 Å². The lowest BCUT2D eigenvalue weighted by atomic mass is 9.96. The van der Waals surface area contributed by atoms with Gasteiger partial charge in [0.1, 0.15) is 0 Å². The highest BCUT2D eigenvalue weighted by Gasteiger charge is 2.27. The van der Waals surface area contributed by atoms with Crippen LogP contribution in [0, 0.1) is 5.92 Å². The second kappa shape index (κ2) is 6.03. The van der Waals surface area contributed by atoms with Gasteiger partial charge in [0.15, 0.2) is 10.8 Å². The number of carbonyl (C=O) groups is 1. The number of amides is 1. The Morgan fingerprint density at radius 2 is 2.19 bits per heavy atom. The summed E-state index contributed by atoms with van der Waals surface area (Å²) in [5, 5.41) is 8.03. The molecule has 1 amide bonds. The van der Waals surface area contributed by atoms with Gasteiger partial charge in [0.25, 0.3) is 0 Å². The number of fused-ring (bicyclic) bond motifs is 1. The topological polar surface area (TPSA) is 61.7 Å². The van der Waals surface area contributed by atoms with Gasteiger partial charge in [-0.2, -0.15) is 0 Å². The first-order valence-electron chi connectivity index (χ1n) is 7.30. The van der Waals surface area contributed by atoms with E-state index >= 15 is 0 Å². The molecule has 0 unspecified atom stereocenters. The number of rotatable bonds is 4. The molecule has 0 radical (unpaired) electrons. The highest BCUT2D eigenvalue weighted by atomic mass is 32.1. The smallest absolute Gasteiger partial charge is 0.222 e. The quantitative estimate of drug-likeness (QED) is 0.887. The van der Waals surface area contributed by atoms with Crippen LogP contribution in [0.2, 0.25) is 0 Å². The number of anilines is 1. The number of nitrogens with one attached hydrogen (secondary N) is 2. The van der Waals surface area contributed by atoms with Crippen molar-refractivity contribution in [2.24, 2.45) is 5.92 Å². The Morgan fingerprint density at radius 1 is 1.43 bits per heavy atom. The molecule has 6 nitrogen and oxygen atoms in total. The standard InChI is InChI=1S/C14H21N5OS/c1-15-9-11-12(17-14-19(11)7-8-21-14)18-5-3-10(4-6-18)13(20)16-2/h7-8,10,15H,3-6,9H2,1-2H3,(H,16,20). The zero-order valence-electron chi connectivity index (χ0n) is 12.4. The lowest BCUT2D eigenvalue weighted by Crippen LogP contribution is -2.40. The molecule has 114 valence electrons. The van der Waals surface area contributed by atoms with Crippen LogP contribution >= 0.6 is 11.3 Å². The molecule has 3 heterocycles. The lowest BCUT2D eigenvalue weighted by Gasteiger charge is -2.31. The van der Waals surface area contributed by atoms with E-state index in [0.29, 0.717) is 0 Å². The fourth-order valence-electron chi connectivity index (χ4n) is 2.96. The summed E-state index contributed by atoms with van der Waals surface area (Å²) in [6.45, 7) is 2.57. The Bertz CT molecular complexity index is 626. The molecular weight excluding hydrogens is 286 g/mol. The molecule has 21 heavy (non-hydrogen) atoms. The van der Waals surface area contributed by atoms with Gasteiger partial charge in [0, 0.05) is 44.2 Å². The van der Waals surface area contributed by atoms with Crippen molar-refractivity contribution in [1.29, 1.82) is 0 Å². The molecule has 0 aromatic carbocycles. The second-order valence-electron chi connectivity index (χ2n) is 5.34. The van der Waals surface area contributed by atoms with Gasteiger partial charge < -0.3 is 15.5 Å². The van der Waals surface area contributed by atoms with Crippen LogP contribution in [0.3, 0.4) is 0 Å². The molecule has 3 rings (SSSR count). The first-order valence-corrected chi connectivity index (χ1v) is 8.18. The lowest BCUT2D eigenvalue weighted by molar-refractivity contribution is -0.125. The summed E-state index contributed by atoms with van der Waals surface area (Å²) < 4.78 is 2.15. The fourth-order valence-corrected chi connectivity index (χ4v) is 3.69. The summed E-state index contributed by atoms with van der Waals surface area (Å²) in [4.78, 5) is 19.8. The molecular formula is C14H21N5OS. The summed E-state index contributed by atoms with van der Waals surface area (Å²) in [5.41, 5.74) is 1.20.